The van der Waals surface area contributed by atoms with Gasteiger partial charge in [0.15, 0.2) is 0 Å². The smallest absolute Gasteiger partial charge is 0.335 e. The van der Waals surface area contributed by atoms with Crippen molar-refractivity contribution in [1.82, 2.24) is 14.7 Å². The second-order valence-corrected chi connectivity index (χ2v) is 5.44. The fourth-order valence-corrected chi connectivity index (χ4v) is 2.58. The topological polar surface area (TPSA) is 84.7 Å². The van der Waals surface area contributed by atoms with Crippen molar-refractivity contribution >= 4 is 11.9 Å². The van der Waals surface area contributed by atoms with Crippen molar-refractivity contribution in [2.75, 3.05) is 19.7 Å². The van der Waals surface area contributed by atoms with Crippen LogP contribution >= 0.6 is 0 Å². The number of carboxylic acid groups (broad SMARTS) is 1. The second-order valence-electron chi connectivity index (χ2n) is 5.44. The highest BCUT2D eigenvalue weighted by molar-refractivity contribution is 5.96. The molecule has 1 atom stereocenters. The van der Waals surface area contributed by atoms with E-state index in [0.717, 1.165) is 5.56 Å². The van der Waals surface area contributed by atoms with Gasteiger partial charge in [-0.3, -0.25) is 9.48 Å². The minimum Gasteiger partial charge on any atom is -0.478 e. The maximum absolute atomic E-state index is 12.6. The van der Waals surface area contributed by atoms with Crippen LogP contribution in [0.15, 0.2) is 36.7 Å². The fourth-order valence-electron chi connectivity index (χ4n) is 2.58. The van der Waals surface area contributed by atoms with Crippen molar-refractivity contribution in [3.63, 3.8) is 0 Å². The lowest BCUT2D eigenvalue weighted by Gasteiger charge is -2.32. The molecule has 0 saturated carbocycles. The highest BCUT2D eigenvalue weighted by atomic mass is 16.5. The van der Waals surface area contributed by atoms with Crippen molar-refractivity contribution in [3.05, 3.63) is 53.3 Å². The summed E-state index contributed by atoms with van der Waals surface area (Å²) in [5.41, 5.74) is 1.57. The standard InChI is InChI=1S/C16H17N3O4/c1-18-9-13(8-17-18)14-10-19(6-7-23-14)15(20)11-2-4-12(5-3-11)16(21)22/h2-5,8-9,14H,6-7,10H2,1H3,(H,21,22). The Morgan fingerprint density at radius 1 is 1.26 bits per heavy atom. The first-order valence-corrected chi connectivity index (χ1v) is 7.27. The number of aromatic carboxylic acids is 1. The molecule has 0 spiro atoms. The van der Waals surface area contributed by atoms with Crippen molar-refractivity contribution < 1.29 is 19.4 Å². The molecule has 1 aromatic carbocycles. The van der Waals surface area contributed by atoms with E-state index in [9.17, 15) is 9.59 Å². The van der Waals surface area contributed by atoms with Crippen LogP contribution in [0, 0.1) is 0 Å². The fraction of sp³-hybridized carbons (Fsp3) is 0.312. The molecular weight excluding hydrogens is 298 g/mol. The van der Waals surface area contributed by atoms with Gasteiger partial charge in [-0.05, 0) is 24.3 Å². The Morgan fingerprint density at radius 2 is 1.96 bits per heavy atom. The van der Waals surface area contributed by atoms with Gasteiger partial charge in [0.05, 0.1) is 24.9 Å². The molecule has 1 unspecified atom stereocenters. The Balaban J connectivity index is 1.72. The molecule has 1 fully saturated rings. The summed E-state index contributed by atoms with van der Waals surface area (Å²) in [6.07, 6.45) is 3.42. The van der Waals surface area contributed by atoms with Gasteiger partial charge in [-0.15, -0.1) is 0 Å². The highest BCUT2D eigenvalue weighted by Crippen LogP contribution is 2.22. The van der Waals surface area contributed by atoms with Gasteiger partial charge >= 0.3 is 5.97 Å². The minimum absolute atomic E-state index is 0.126. The number of morpholine rings is 1. The summed E-state index contributed by atoms with van der Waals surface area (Å²) in [7, 11) is 1.83. The summed E-state index contributed by atoms with van der Waals surface area (Å²) in [5.74, 6) is -1.13. The lowest BCUT2D eigenvalue weighted by atomic mass is 10.1. The molecule has 1 aromatic heterocycles. The van der Waals surface area contributed by atoms with E-state index in [1.807, 2.05) is 13.2 Å². The van der Waals surface area contributed by atoms with E-state index in [1.54, 1.807) is 27.9 Å². The van der Waals surface area contributed by atoms with Crippen LogP contribution in [0.2, 0.25) is 0 Å². The van der Waals surface area contributed by atoms with Crippen molar-refractivity contribution in [2.24, 2.45) is 7.05 Å². The zero-order valence-electron chi connectivity index (χ0n) is 12.7. The van der Waals surface area contributed by atoms with Crippen molar-refractivity contribution in [1.29, 1.82) is 0 Å². The Morgan fingerprint density at radius 3 is 2.57 bits per heavy atom. The molecule has 120 valence electrons. The number of carbonyl (C=O) groups excluding carboxylic acids is 1. The van der Waals surface area contributed by atoms with Crippen LogP contribution in [0.5, 0.6) is 0 Å². The van der Waals surface area contributed by atoms with E-state index in [0.29, 0.717) is 25.3 Å². The van der Waals surface area contributed by atoms with E-state index in [4.69, 9.17) is 9.84 Å². The molecule has 0 bridgehead atoms. The molecule has 0 aliphatic carbocycles. The first kappa shape index (κ1) is 15.2. The van der Waals surface area contributed by atoms with Crippen LogP contribution in [0.25, 0.3) is 0 Å². The molecular formula is C16H17N3O4. The molecule has 1 amide bonds. The third-order valence-electron chi connectivity index (χ3n) is 3.83. The Kier molecular flexibility index (Phi) is 4.12. The van der Waals surface area contributed by atoms with E-state index < -0.39 is 5.97 Å². The highest BCUT2D eigenvalue weighted by Gasteiger charge is 2.27. The number of hydrogen-bond donors (Lipinski definition) is 1. The molecule has 2 aromatic rings. The van der Waals surface area contributed by atoms with Gasteiger partial charge in [-0.1, -0.05) is 0 Å². The quantitative estimate of drug-likeness (QED) is 0.923. The van der Waals surface area contributed by atoms with Crippen LogP contribution in [-0.2, 0) is 11.8 Å². The molecule has 3 rings (SSSR count). The zero-order valence-corrected chi connectivity index (χ0v) is 12.7. The van der Waals surface area contributed by atoms with Gasteiger partial charge in [0.25, 0.3) is 5.91 Å². The summed E-state index contributed by atoms with van der Waals surface area (Å²) in [4.78, 5) is 25.2. The molecule has 2 heterocycles. The van der Waals surface area contributed by atoms with Crippen molar-refractivity contribution in [3.8, 4) is 0 Å². The first-order valence-electron chi connectivity index (χ1n) is 7.27. The minimum atomic E-state index is -1.01. The van der Waals surface area contributed by atoms with Gasteiger partial charge < -0.3 is 14.7 Å². The average Bonchev–Trinajstić information content (AvgIpc) is 3.01. The number of aryl methyl sites for hydroxylation is 1. The zero-order chi connectivity index (χ0) is 16.4. The molecule has 1 saturated heterocycles. The Hall–Kier alpha value is -2.67. The number of benzene rings is 1. The van der Waals surface area contributed by atoms with Gasteiger partial charge in [0.2, 0.25) is 0 Å². The van der Waals surface area contributed by atoms with E-state index >= 15 is 0 Å². The summed E-state index contributed by atoms with van der Waals surface area (Å²) >= 11 is 0. The largest absolute Gasteiger partial charge is 0.478 e. The number of carbonyl (C=O) groups is 2. The predicted molar refractivity (Wildman–Crippen MR) is 81.2 cm³/mol. The molecule has 1 aliphatic heterocycles. The molecule has 0 radical (unpaired) electrons. The third kappa shape index (κ3) is 3.24. The monoisotopic (exact) mass is 315 g/mol. The first-order chi connectivity index (χ1) is 11.0. The molecule has 1 aliphatic rings. The lowest BCUT2D eigenvalue weighted by Crippen LogP contribution is -2.42. The maximum Gasteiger partial charge on any atom is 0.335 e. The maximum atomic E-state index is 12.6. The summed E-state index contributed by atoms with van der Waals surface area (Å²) < 4.78 is 7.42. The number of rotatable bonds is 3. The van der Waals surface area contributed by atoms with Gasteiger partial charge in [0, 0.05) is 30.9 Å². The Bertz CT molecular complexity index is 723. The van der Waals surface area contributed by atoms with Crippen LogP contribution in [-0.4, -0.2) is 51.4 Å². The number of nitrogens with zero attached hydrogens (tertiary/aromatic N) is 3. The van der Waals surface area contributed by atoms with Crippen LogP contribution in [0.4, 0.5) is 0 Å². The SMILES string of the molecule is Cn1cc(C2CN(C(=O)c3ccc(C(=O)O)cc3)CCO2)cn1. The summed E-state index contributed by atoms with van der Waals surface area (Å²) in [6.45, 7) is 1.42. The van der Waals surface area contributed by atoms with Crippen LogP contribution in [0.3, 0.4) is 0 Å². The Labute approximate surface area is 133 Å². The van der Waals surface area contributed by atoms with Crippen LogP contribution < -0.4 is 0 Å². The number of ether oxygens (including phenoxy) is 1. The molecule has 23 heavy (non-hydrogen) atoms. The number of hydrogen-bond acceptors (Lipinski definition) is 4. The van der Waals surface area contributed by atoms with Crippen molar-refractivity contribution in [2.45, 2.75) is 6.10 Å². The van der Waals surface area contributed by atoms with Gasteiger partial charge in [0.1, 0.15) is 6.10 Å². The normalized spacial score (nSPS) is 18.0. The molecule has 7 nitrogen and oxygen atoms in total. The second kappa shape index (κ2) is 6.21. The van der Waals surface area contributed by atoms with Gasteiger partial charge in [-0.25, -0.2) is 4.79 Å². The average molecular weight is 315 g/mol. The predicted octanol–water partition coefficient (Wildman–Crippen LogP) is 1.33. The molecule has 1 N–H and O–H groups in total. The summed E-state index contributed by atoms with van der Waals surface area (Å²) in [5, 5.41) is 13.0. The number of amides is 1. The van der Waals surface area contributed by atoms with E-state index in [2.05, 4.69) is 5.10 Å². The third-order valence-corrected chi connectivity index (χ3v) is 3.83. The van der Waals surface area contributed by atoms with E-state index in [-0.39, 0.29) is 17.6 Å². The number of aromatic nitrogens is 2. The van der Waals surface area contributed by atoms with Crippen LogP contribution in [0.1, 0.15) is 32.4 Å². The number of carboxylic acids is 1. The molecule has 7 heteroatoms. The lowest BCUT2D eigenvalue weighted by molar-refractivity contribution is -0.0228. The van der Waals surface area contributed by atoms with Gasteiger partial charge in [-0.2, -0.15) is 5.10 Å². The van der Waals surface area contributed by atoms with E-state index in [1.165, 1.54) is 12.1 Å². The summed E-state index contributed by atoms with van der Waals surface area (Å²) in [6, 6.07) is 5.96.